The predicted octanol–water partition coefficient (Wildman–Crippen LogP) is 2.71. The van der Waals surface area contributed by atoms with Crippen molar-refractivity contribution in [3.05, 3.63) is 35.9 Å². The van der Waals surface area contributed by atoms with Gasteiger partial charge in [-0.1, -0.05) is 30.3 Å². The molecule has 1 unspecified atom stereocenters. The van der Waals surface area contributed by atoms with Gasteiger partial charge in [-0.15, -0.1) is 0 Å². The van der Waals surface area contributed by atoms with Crippen molar-refractivity contribution >= 4 is 6.09 Å². The molecule has 0 radical (unpaired) electrons. The molecule has 5 heteroatoms. The Morgan fingerprint density at radius 1 is 1.36 bits per heavy atom. The van der Waals surface area contributed by atoms with E-state index in [1.54, 1.807) is 11.9 Å². The number of hydrogen-bond acceptors (Lipinski definition) is 4. The standard InChI is InChI=1S/C17H26N2O3/c1-17(2,3)22-16(20)18(4)15-13-19(10-11-21-15)12-14-8-6-5-7-9-14/h5-9,15H,10-13H2,1-4H3. The van der Waals surface area contributed by atoms with E-state index in [4.69, 9.17) is 9.47 Å². The third kappa shape index (κ3) is 5.00. The van der Waals surface area contributed by atoms with E-state index in [1.807, 2.05) is 39.0 Å². The maximum absolute atomic E-state index is 12.1. The van der Waals surface area contributed by atoms with Gasteiger partial charge in [0.05, 0.1) is 6.61 Å². The van der Waals surface area contributed by atoms with E-state index in [1.165, 1.54) is 5.56 Å². The minimum Gasteiger partial charge on any atom is -0.444 e. The van der Waals surface area contributed by atoms with E-state index in [2.05, 4.69) is 17.0 Å². The largest absolute Gasteiger partial charge is 0.444 e. The lowest BCUT2D eigenvalue weighted by Crippen LogP contribution is -2.52. The zero-order valence-corrected chi connectivity index (χ0v) is 13.9. The summed E-state index contributed by atoms with van der Waals surface area (Å²) in [5.41, 5.74) is 0.770. The summed E-state index contributed by atoms with van der Waals surface area (Å²) in [6, 6.07) is 10.3. The Kier molecular flexibility index (Phi) is 5.42. The van der Waals surface area contributed by atoms with Crippen molar-refractivity contribution in [1.82, 2.24) is 9.80 Å². The highest BCUT2D eigenvalue weighted by atomic mass is 16.6. The minimum absolute atomic E-state index is 0.271. The zero-order valence-electron chi connectivity index (χ0n) is 13.9. The van der Waals surface area contributed by atoms with Crippen LogP contribution in [0.2, 0.25) is 0 Å². The van der Waals surface area contributed by atoms with Crippen molar-refractivity contribution in [2.75, 3.05) is 26.7 Å². The van der Waals surface area contributed by atoms with Crippen molar-refractivity contribution in [3.8, 4) is 0 Å². The zero-order chi connectivity index (χ0) is 16.2. The highest BCUT2D eigenvalue weighted by molar-refractivity contribution is 5.68. The second kappa shape index (κ2) is 7.11. The Morgan fingerprint density at radius 3 is 2.68 bits per heavy atom. The Morgan fingerprint density at radius 2 is 2.05 bits per heavy atom. The van der Waals surface area contributed by atoms with Crippen LogP contribution in [0.1, 0.15) is 26.3 Å². The van der Waals surface area contributed by atoms with E-state index in [0.717, 1.165) is 13.1 Å². The fourth-order valence-corrected chi connectivity index (χ4v) is 2.35. The second-order valence-corrected chi connectivity index (χ2v) is 6.64. The molecule has 1 amide bonds. The van der Waals surface area contributed by atoms with Crippen LogP contribution in [0.5, 0.6) is 0 Å². The van der Waals surface area contributed by atoms with E-state index in [-0.39, 0.29) is 12.3 Å². The summed E-state index contributed by atoms with van der Waals surface area (Å²) in [6.07, 6.45) is -0.619. The van der Waals surface area contributed by atoms with Gasteiger partial charge < -0.3 is 9.47 Å². The van der Waals surface area contributed by atoms with Crippen LogP contribution >= 0.6 is 0 Å². The Hall–Kier alpha value is -1.59. The van der Waals surface area contributed by atoms with Crippen molar-refractivity contribution in [1.29, 1.82) is 0 Å². The molecular weight excluding hydrogens is 280 g/mol. The lowest BCUT2D eigenvalue weighted by molar-refractivity contribution is -0.104. The van der Waals surface area contributed by atoms with Crippen LogP contribution < -0.4 is 0 Å². The molecule has 0 bridgehead atoms. The number of amides is 1. The van der Waals surface area contributed by atoms with E-state index >= 15 is 0 Å². The SMILES string of the molecule is CN(C(=O)OC(C)(C)C)C1CN(Cc2ccccc2)CCO1. The van der Waals surface area contributed by atoms with Gasteiger partial charge in [0, 0.05) is 26.7 Å². The molecule has 1 aromatic rings. The van der Waals surface area contributed by atoms with Gasteiger partial charge in [0.15, 0.2) is 0 Å². The molecule has 1 fully saturated rings. The summed E-state index contributed by atoms with van der Waals surface area (Å²) in [5, 5.41) is 0. The van der Waals surface area contributed by atoms with Gasteiger partial charge >= 0.3 is 6.09 Å². The predicted molar refractivity (Wildman–Crippen MR) is 85.5 cm³/mol. The summed E-state index contributed by atoms with van der Waals surface area (Å²) in [7, 11) is 1.73. The molecule has 1 saturated heterocycles. The van der Waals surface area contributed by atoms with Gasteiger partial charge in [-0.3, -0.25) is 9.80 Å². The first-order chi connectivity index (χ1) is 10.3. The van der Waals surface area contributed by atoms with E-state index in [0.29, 0.717) is 13.2 Å². The topological polar surface area (TPSA) is 42.0 Å². The molecule has 122 valence electrons. The summed E-state index contributed by atoms with van der Waals surface area (Å²) in [4.78, 5) is 16.0. The number of nitrogens with zero attached hydrogens (tertiary/aromatic N) is 2. The molecule has 1 aliphatic heterocycles. The minimum atomic E-state index is -0.496. The van der Waals surface area contributed by atoms with Crippen LogP contribution in [0.25, 0.3) is 0 Å². The van der Waals surface area contributed by atoms with Crippen molar-refractivity contribution < 1.29 is 14.3 Å². The average Bonchev–Trinajstić information content (AvgIpc) is 2.46. The molecular formula is C17H26N2O3. The van der Waals surface area contributed by atoms with Gasteiger partial charge in [-0.05, 0) is 26.3 Å². The van der Waals surface area contributed by atoms with Crippen molar-refractivity contribution in [2.45, 2.75) is 39.1 Å². The first-order valence-corrected chi connectivity index (χ1v) is 7.69. The van der Waals surface area contributed by atoms with Gasteiger partial charge in [-0.25, -0.2) is 4.79 Å². The van der Waals surface area contributed by atoms with Crippen LogP contribution in [-0.4, -0.2) is 54.5 Å². The number of benzene rings is 1. The van der Waals surface area contributed by atoms with Crippen molar-refractivity contribution in [2.24, 2.45) is 0 Å². The van der Waals surface area contributed by atoms with Gasteiger partial charge in [0.25, 0.3) is 0 Å². The lowest BCUT2D eigenvalue weighted by Gasteiger charge is -2.37. The molecule has 1 heterocycles. The molecule has 0 spiro atoms. The molecule has 0 aliphatic carbocycles. The molecule has 0 saturated carbocycles. The molecule has 5 nitrogen and oxygen atoms in total. The average molecular weight is 306 g/mol. The van der Waals surface area contributed by atoms with Crippen molar-refractivity contribution in [3.63, 3.8) is 0 Å². The third-order valence-corrected chi connectivity index (χ3v) is 3.49. The number of rotatable bonds is 3. The molecule has 1 aromatic carbocycles. The Bertz CT molecular complexity index is 484. The maximum atomic E-state index is 12.1. The van der Waals surface area contributed by atoms with Crippen LogP contribution in [0.15, 0.2) is 30.3 Å². The van der Waals surface area contributed by atoms with E-state index < -0.39 is 5.60 Å². The molecule has 1 atom stereocenters. The highest BCUT2D eigenvalue weighted by Crippen LogP contribution is 2.15. The lowest BCUT2D eigenvalue weighted by atomic mass is 10.2. The number of carbonyl (C=O) groups excluding carboxylic acids is 1. The second-order valence-electron chi connectivity index (χ2n) is 6.64. The number of likely N-dealkylation sites (N-methyl/N-ethyl adjacent to an activating group) is 1. The number of hydrogen-bond donors (Lipinski definition) is 0. The molecule has 2 rings (SSSR count). The fourth-order valence-electron chi connectivity index (χ4n) is 2.35. The number of carbonyl (C=O) groups is 1. The van der Waals surface area contributed by atoms with Gasteiger partial charge in [-0.2, -0.15) is 0 Å². The summed E-state index contributed by atoms with van der Waals surface area (Å²) >= 11 is 0. The maximum Gasteiger partial charge on any atom is 0.412 e. The molecule has 0 N–H and O–H groups in total. The molecule has 0 aromatic heterocycles. The quantitative estimate of drug-likeness (QED) is 0.861. The smallest absolute Gasteiger partial charge is 0.412 e. The van der Waals surface area contributed by atoms with E-state index in [9.17, 15) is 4.79 Å². The monoisotopic (exact) mass is 306 g/mol. The fraction of sp³-hybridized carbons (Fsp3) is 0.588. The van der Waals surface area contributed by atoms with Crippen LogP contribution in [0, 0.1) is 0 Å². The number of ether oxygens (including phenoxy) is 2. The first-order valence-electron chi connectivity index (χ1n) is 7.69. The summed E-state index contributed by atoms with van der Waals surface area (Å²) in [5.74, 6) is 0. The van der Waals surface area contributed by atoms with Gasteiger partial charge in [0.1, 0.15) is 11.8 Å². The third-order valence-electron chi connectivity index (χ3n) is 3.49. The Balaban J connectivity index is 1.91. The molecule has 22 heavy (non-hydrogen) atoms. The highest BCUT2D eigenvalue weighted by Gasteiger charge is 2.29. The first kappa shape index (κ1) is 16.8. The summed E-state index contributed by atoms with van der Waals surface area (Å²) < 4.78 is 11.1. The normalized spacial score (nSPS) is 19.7. The van der Waals surface area contributed by atoms with Crippen LogP contribution in [0.4, 0.5) is 4.79 Å². The molecule has 1 aliphatic rings. The van der Waals surface area contributed by atoms with Crippen LogP contribution in [0.3, 0.4) is 0 Å². The Labute approximate surface area is 132 Å². The summed E-state index contributed by atoms with van der Waals surface area (Å²) in [6.45, 7) is 8.62. The van der Waals surface area contributed by atoms with Crippen LogP contribution in [-0.2, 0) is 16.0 Å². The number of morpholine rings is 1. The van der Waals surface area contributed by atoms with Gasteiger partial charge in [0.2, 0.25) is 0 Å².